The van der Waals surface area contributed by atoms with Gasteiger partial charge in [-0.1, -0.05) is 39.5 Å². The zero-order valence-corrected chi connectivity index (χ0v) is 9.51. The van der Waals surface area contributed by atoms with Crippen LogP contribution >= 0.6 is 0 Å². The Morgan fingerprint density at radius 2 is 0.909 bits per heavy atom. The Morgan fingerprint density at radius 1 is 0.818 bits per heavy atom. The second kappa shape index (κ2) is 13.3. The maximum atomic E-state index is 9.63. The van der Waals surface area contributed by atoms with Crippen LogP contribution in [0.25, 0.3) is 0 Å². The van der Waals surface area contributed by atoms with Crippen LogP contribution in [0, 0.1) is 11.8 Å². The second-order valence-corrected chi connectivity index (χ2v) is 3.12. The molecule has 0 rings (SSSR count). The van der Waals surface area contributed by atoms with Crippen molar-refractivity contribution in [2.75, 3.05) is 13.2 Å². The van der Waals surface area contributed by atoms with Gasteiger partial charge >= 0.3 is 23.1 Å². The standard InChI is InChI=1S/2C4H9O.Mg/c2*1-4(2)3-5;/h2*4H,3H2,1-2H3;/q2*-1;+2. The van der Waals surface area contributed by atoms with E-state index in [4.69, 9.17) is 0 Å². The molecule has 0 N–H and O–H groups in total. The molecular weight excluding hydrogens is 152 g/mol. The first-order valence-electron chi connectivity index (χ1n) is 3.70. The van der Waals surface area contributed by atoms with Gasteiger partial charge in [0.1, 0.15) is 0 Å². The van der Waals surface area contributed by atoms with Gasteiger partial charge in [0.05, 0.1) is 0 Å². The largest absolute Gasteiger partial charge is 2.00 e. The Balaban J connectivity index is -0.000000107. The molecule has 0 atom stereocenters. The van der Waals surface area contributed by atoms with E-state index in [1.54, 1.807) is 0 Å². The van der Waals surface area contributed by atoms with Crippen LogP contribution < -0.4 is 10.2 Å². The third-order valence-corrected chi connectivity index (χ3v) is 0.667. The molecule has 2 nitrogen and oxygen atoms in total. The van der Waals surface area contributed by atoms with Crippen molar-refractivity contribution in [1.29, 1.82) is 0 Å². The first-order chi connectivity index (χ1) is 4.54. The van der Waals surface area contributed by atoms with Gasteiger partial charge in [-0.15, -0.1) is 13.2 Å². The fourth-order valence-corrected chi connectivity index (χ4v) is 0. The molecule has 0 amide bonds. The SMILES string of the molecule is CC(C)C[O-].CC(C)C[O-].[Mg+2]. The maximum Gasteiger partial charge on any atom is 2.00 e. The van der Waals surface area contributed by atoms with E-state index >= 15 is 0 Å². The average Bonchev–Trinajstić information content (AvgIpc) is 1.89. The molecule has 0 aromatic heterocycles. The van der Waals surface area contributed by atoms with Crippen LogP contribution in [0.15, 0.2) is 0 Å². The van der Waals surface area contributed by atoms with Crippen molar-refractivity contribution in [3.05, 3.63) is 0 Å². The van der Waals surface area contributed by atoms with Crippen LogP contribution in [0.2, 0.25) is 0 Å². The molecule has 3 heteroatoms. The van der Waals surface area contributed by atoms with Crippen LogP contribution in [-0.2, 0) is 0 Å². The third kappa shape index (κ3) is 36.7. The Labute approximate surface area is 86.2 Å². The Kier molecular flexibility index (Phi) is 21.4. The molecule has 0 aliphatic carbocycles. The summed E-state index contributed by atoms with van der Waals surface area (Å²) in [4.78, 5) is 0. The number of hydrogen-bond donors (Lipinski definition) is 0. The molecule has 0 bridgehead atoms. The van der Waals surface area contributed by atoms with Gasteiger partial charge in [-0.3, -0.25) is 0 Å². The van der Waals surface area contributed by atoms with E-state index in [0.717, 1.165) is 0 Å². The van der Waals surface area contributed by atoms with Crippen molar-refractivity contribution in [2.45, 2.75) is 27.7 Å². The summed E-state index contributed by atoms with van der Waals surface area (Å²) < 4.78 is 0. The minimum absolute atomic E-state index is 0. The predicted octanol–water partition coefficient (Wildman–Crippen LogP) is -0.375. The van der Waals surface area contributed by atoms with Gasteiger partial charge in [0, 0.05) is 0 Å². The fraction of sp³-hybridized carbons (Fsp3) is 1.00. The molecule has 11 heavy (non-hydrogen) atoms. The topological polar surface area (TPSA) is 46.1 Å². The molecule has 0 heterocycles. The summed E-state index contributed by atoms with van der Waals surface area (Å²) in [6.07, 6.45) is 0. The summed E-state index contributed by atoms with van der Waals surface area (Å²) in [7, 11) is 0. The minimum Gasteiger partial charge on any atom is -0.854 e. The minimum atomic E-state index is 0. The van der Waals surface area contributed by atoms with E-state index < -0.39 is 0 Å². The van der Waals surface area contributed by atoms with Gasteiger partial charge in [-0.2, -0.15) is 0 Å². The monoisotopic (exact) mass is 170 g/mol. The Bertz CT molecular complexity index is 48.1. The molecule has 0 aliphatic heterocycles. The Hall–Kier alpha value is 0.686. The van der Waals surface area contributed by atoms with Crippen LogP contribution in [0.4, 0.5) is 0 Å². The van der Waals surface area contributed by atoms with E-state index in [2.05, 4.69) is 0 Å². The van der Waals surface area contributed by atoms with Gasteiger partial charge in [-0.25, -0.2) is 0 Å². The fourth-order valence-electron chi connectivity index (χ4n) is 0. The van der Waals surface area contributed by atoms with Crippen molar-refractivity contribution in [3.8, 4) is 0 Å². The first kappa shape index (κ1) is 17.7. The van der Waals surface area contributed by atoms with Crippen LogP contribution in [0.3, 0.4) is 0 Å². The zero-order chi connectivity index (χ0) is 8.57. The molecule has 64 valence electrons. The van der Waals surface area contributed by atoms with Crippen molar-refractivity contribution < 1.29 is 10.2 Å². The molecule has 0 aromatic rings. The molecule has 0 aromatic carbocycles. The summed E-state index contributed by atoms with van der Waals surface area (Å²) in [5.41, 5.74) is 0. The predicted molar refractivity (Wildman–Crippen MR) is 45.2 cm³/mol. The van der Waals surface area contributed by atoms with Crippen LogP contribution in [0.5, 0.6) is 0 Å². The van der Waals surface area contributed by atoms with E-state index in [1.807, 2.05) is 27.7 Å². The first-order valence-corrected chi connectivity index (χ1v) is 3.70. The van der Waals surface area contributed by atoms with Gasteiger partial charge in [0.2, 0.25) is 0 Å². The third-order valence-electron chi connectivity index (χ3n) is 0.667. The van der Waals surface area contributed by atoms with E-state index in [-0.39, 0.29) is 36.3 Å². The van der Waals surface area contributed by atoms with E-state index in [0.29, 0.717) is 11.8 Å². The maximum absolute atomic E-state index is 9.63. The van der Waals surface area contributed by atoms with Crippen LogP contribution in [-0.4, -0.2) is 36.3 Å². The Morgan fingerprint density at radius 3 is 0.909 bits per heavy atom. The van der Waals surface area contributed by atoms with Crippen molar-refractivity contribution in [2.24, 2.45) is 11.8 Å². The zero-order valence-electron chi connectivity index (χ0n) is 8.09. The van der Waals surface area contributed by atoms with Gasteiger partial charge in [-0.05, 0) is 0 Å². The molecular formula is C8H18MgO2. The number of hydrogen-bond acceptors (Lipinski definition) is 2. The van der Waals surface area contributed by atoms with Gasteiger partial charge in [0.25, 0.3) is 0 Å². The molecule has 0 spiro atoms. The molecule has 0 saturated heterocycles. The summed E-state index contributed by atoms with van der Waals surface area (Å²) in [6, 6.07) is 0. The molecule has 0 radical (unpaired) electrons. The number of rotatable bonds is 2. The summed E-state index contributed by atoms with van der Waals surface area (Å²) in [6.45, 7) is 7.75. The smallest absolute Gasteiger partial charge is 0.854 e. The summed E-state index contributed by atoms with van der Waals surface area (Å²) in [5.74, 6) is 0.657. The van der Waals surface area contributed by atoms with Gasteiger partial charge < -0.3 is 10.2 Å². The average molecular weight is 171 g/mol. The second-order valence-electron chi connectivity index (χ2n) is 3.12. The normalized spacial score (nSPS) is 8.73. The molecule has 0 aliphatic rings. The quantitative estimate of drug-likeness (QED) is 0.531. The van der Waals surface area contributed by atoms with Crippen LogP contribution in [0.1, 0.15) is 27.7 Å². The van der Waals surface area contributed by atoms with E-state index in [9.17, 15) is 10.2 Å². The summed E-state index contributed by atoms with van der Waals surface area (Å²) >= 11 is 0. The molecule has 0 unspecified atom stereocenters. The van der Waals surface area contributed by atoms with Crippen molar-refractivity contribution in [1.82, 2.24) is 0 Å². The van der Waals surface area contributed by atoms with E-state index in [1.165, 1.54) is 0 Å². The summed E-state index contributed by atoms with van der Waals surface area (Å²) in [5, 5.41) is 19.3. The molecule has 0 saturated carbocycles. The molecule has 0 fully saturated rings. The van der Waals surface area contributed by atoms with Gasteiger partial charge in [0.15, 0.2) is 0 Å². The van der Waals surface area contributed by atoms with Crippen molar-refractivity contribution >= 4 is 23.1 Å². The van der Waals surface area contributed by atoms with Crippen molar-refractivity contribution in [3.63, 3.8) is 0 Å².